The summed E-state index contributed by atoms with van der Waals surface area (Å²) in [6.07, 6.45) is 0. The molecule has 1 aromatic carbocycles. The normalized spacial score (nSPS) is 13.4. The Morgan fingerprint density at radius 2 is 1.32 bits per heavy atom. The first-order chi connectivity index (χ1) is 9.35. The molecule has 0 fully saturated rings. The van der Waals surface area contributed by atoms with Gasteiger partial charge in [-0.15, -0.1) is 0 Å². The van der Waals surface area contributed by atoms with Gasteiger partial charge in [-0.3, -0.25) is 0 Å². The van der Waals surface area contributed by atoms with Crippen molar-refractivity contribution in [2.45, 2.75) is 13.1 Å². The van der Waals surface area contributed by atoms with Gasteiger partial charge in [0.1, 0.15) is 13.2 Å². The van der Waals surface area contributed by atoms with Gasteiger partial charge in [0.15, 0.2) is 11.5 Å². The molecular weight excluding hydrogens is 246 g/mol. The Morgan fingerprint density at radius 3 is 1.74 bits per heavy atom. The lowest BCUT2D eigenvalue weighted by atomic mass is 10.1. The Morgan fingerprint density at radius 1 is 0.842 bits per heavy atom. The molecule has 1 aromatic rings. The van der Waals surface area contributed by atoms with Crippen LogP contribution in [0.1, 0.15) is 11.1 Å². The maximum atomic E-state index is 5.71. The summed E-state index contributed by atoms with van der Waals surface area (Å²) in [7, 11) is 3.32. The summed E-state index contributed by atoms with van der Waals surface area (Å²) in [4.78, 5) is 0. The lowest BCUT2D eigenvalue weighted by molar-refractivity contribution is 0.132. The third kappa shape index (κ3) is 3.83. The zero-order valence-electron chi connectivity index (χ0n) is 11.5. The summed E-state index contributed by atoms with van der Waals surface area (Å²) >= 11 is 0. The Labute approximate surface area is 113 Å². The standard InChI is InChI=1S/C14H21NO4/c1-16-3-5-18-13-7-11-9-15-10-12(11)8-14(13)19-6-4-17-2/h7-8,15H,3-6,9-10H2,1-2H3. The van der Waals surface area contributed by atoms with Crippen molar-refractivity contribution in [1.82, 2.24) is 5.32 Å². The fourth-order valence-electron chi connectivity index (χ4n) is 2.00. The maximum Gasteiger partial charge on any atom is 0.161 e. The highest BCUT2D eigenvalue weighted by molar-refractivity contribution is 5.48. The molecule has 0 aromatic heterocycles. The summed E-state index contributed by atoms with van der Waals surface area (Å²) in [5.41, 5.74) is 2.54. The quantitative estimate of drug-likeness (QED) is 0.720. The fourth-order valence-corrected chi connectivity index (χ4v) is 2.00. The van der Waals surface area contributed by atoms with Gasteiger partial charge in [-0.25, -0.2) is 0 Å². The highest BCUT2D eigenvalue weighted by atomic mass is 16.5. The van der Waals surface area contributed by atoms with Gasteiger partial charge in [-0.05, 0) is 23.3 Å². The van der Waals surface area contributed by atoms with Crippen LogP contribution in [-0.4, -0.2) is 40.6 Å². The van der Waals surface area contributed by atoms with E-state index in [-0.39, 0.29) is 0 Å². The molecule has 0 radical (unpaired) electrons. The molecule has 0 amide bonds. The monoisotopic (exact) mass is 267 g/mol. The number of benzene rings is 1. The molecule has 1 aliphatic rings. The number of hydrogen-bond donors (Lipinski definition) is 1. The van der Waals surface area contributed by atoms with Crippen LogP contribution < -0.4 is 14.8 Å². The van der Waals surface area contributed by atoms with Gasteiger partial charge in [0.25, 0.3) is 0 Å². The molecular formula is C14H21NO4. The van der Waals surface area contributed by atoms with Crippen LogP contribution in [0.2, 0.25) is 0 Å². The van der Waals surface area contributed by atoms with Crippen LogP contribution >= 0.6 is 0 Å². The van der Waals surface area contributed by atoms with Crippen molar-refractivity contribution >= 4 is 0 Å². The van der Waals surface area contributed by atoms with Crippen molar-refractivity contribution in [2.75, 3.05) is 40.6 Å². The van der Waals surface area contributed by atoms with Gasteiger partial charge in [-0.1, -0.05) is 0 Å². The van der Waals surface area contributed by atoms with Crippen molar-refractivity contribution in [3.05, 3.63) is 23.3 Å². The van der Waals surface area contributed by atoms with E-state index in [1.165, 1.54) is 11.1 Å². The number of methoxy groups -OCH3 is 2. The topological polar surface area (TPSA) is 49.0 Å². The van der Waals surface area contributed by atoms with Crippen molar-refractivity contribution in [2.24, 2.45) is 0 Å². The highest BCUT2D eigenvalue weighted by Gasteiger charge is 2.16. The molecule has 106 valence electrons. The molecule has 19 heavy (non-hydrogen) atoms. The molecule has 0 saturated heterocycles. The fraction of sp³-hybridized carbons (Fsp3) is 0.571. The Balaban J connectivity index is 2.07. The van der Waals surface area contributed by atoms with Crippen molar-refractivity contribution in [3.8, 4) is 11.5 Å². The zero-order valence-corrected chi connectivity index (χ0v) is 11.5. The molecule has 0 aliphatic carbocycles. The number of fused-ring (bicyclic) bond motifs is 1. The number of rotatable bonds is 8. The molecule has 0 unspecified atom stereocenters. The summed E-state index contributed by atoms with van der Waals surface area (Å²) in [5, 5.41) is 3.32. The molecule has 1 aliphatic heterocycles. The lowest BCUT2D eigenvalue weighted by Gasteiger charge is -2.14. The summed E-state index contributed by atoms with van der Waals surface area (Å²) < 4.78 is 21.4. The number of nitrogens with one attached hydrogen (secondary N) is 1. The second-order valence-electron chi connectivity index (χ2n) is 4.35. The third-order valence-corrected chi connectivity index (χ3v) is 2.99. The van der Waals surface area contributed by atoms with Crippen LogP contribution in [0.15, 0.2) is 12.1 Å². The van der Waals surface area contributed by atoms with Crippen LogP contribution in [0, 0.1) is 0 Å². The molecule has 0 saturated carbocycles. The lowest BCUT2D eigenvalue weighted by Crippen LogP contribution is -2.09. The van der Waals surface area contributed by atoms with E-state index in [0.717, 1.165) is 24.6 Å². The van der Waals surface area contributed by atoms with E-state index in [2.05, 4.69) is 5.32 Å². The SMILES string of the molecule is COCCOc1cc2c(cc1OCCOC)CNC2. The minimum atomic E-state index is 0.517. The Bertz CT molecular complexity index is 372. The largest absolute Gasteiger partial charge is 0.487 e. The summed E-state index contributed by atoms with van der Waals surface area (Å²) in [6, 6.07) is 4.10. The Kier molecular flexibility index (Phi) is 5.44. The van der Waals surface area contributed by atoms with E-state index >= 15 is 0 Å². The predicted molar refractivity (Wildman–Crippen MR) is 71.7 cm³/mol. The molecule has 2 rings (SSSR count). The van der Waals surface area contributed by atoms with E-state index in [9.17, 15) is 0 Å². The van der Waals surface area contributed by atoms with E-state index in [4.69, 9.17) is 18.9 Å². The van der Waals surface area contributed by atoms with E-state index in [1.807, 2.05) is 12.1 Å². The average molecular weight is 267 g/mol. The number of hydrogen-bond acceptors (Lipinski definition) is 5. The molecule has 1 N–H and O–H groups in total. The van der Waals surface area contributed by atoms with Crippen molar-refractivity contribution in [1.29, 1.82) is 0 Å². The van der Waals surface area contributed by atoms with E-state index in [1.54, 1.807) is 14.2 Å². The molecule has 0 bridgehead atoms. The van der Waals surface area contributed by atoms with Gasteiger partial charge in [-0.2, -0.15) is 0 Å². The first-order valence-corrected chi connectivity index (χ1v) is 6.45. The maximum absolute atomic E-state index is 5.71. The van der Waals surface area contributed by atoms with Crippen LogP contribution in [0.5, 0.6) is 11.5 Å². The second kappa shape index (κ2) is 7.33. The van der Waals surface area contributed by atoms with Gasteiger partial charge < -0.3 is 24.3 Å². The van der Waals surface area contributed by atoms with Crippen LogP contribution in [0.4, 0.5) is 0 Å². The van der Waals surface area contributed by atoms with E-state index in [0.29, 0.717) is 26.4 Å². The summed E-state index contributed by atoms with van der Waals surface area (Å²) in [5.74, 6) is 1.55. The minimum absolute atomic E-state index is 0.517. The van der Waals surface area contributed by atoms with Gasteiger partial charge >= 0.3 is 0 Å². The number of ether oxygens (including phenoxy) is 4. The van der Waals surface area contributed by atoms with Crippen LogP contribution in [-0.2, 0) is 22.6 Å². The third-order valence-electron chi connectivity index (χ3n) is 2.99. The van der Waals surface area contributed by atoms with Gasteiger partial charge in [0, 0.05) is 27.3 Å². The summed E-state index contributed by atoms with van der Waals surface area (Å²) in [6.45, 7) is 3.93. The van der Waals surface area contributed by atoms with Crippen LogP contribution in [0.25, 0.3) is 0 Å². The second-order valence-corrected chi connectivity index (χ2v) is 4.35. The van der Waals surface area contributed by atoms with E-state index < -0.39 is 0 Å². The average Bonchev–Trinajstić information content (AvgIpc) is 2.86. The van der Waals surface area contributed by atoms with Crippen LogP contribution in [0.3, 0.4) is 0 Å². The van der Waals surface area contributed by atoms with Gasteiger partial charge in [0.05, 0.1) is 13.2 Å². The smallest absolute Gasteiger partial charge is 0.161 e. The first-order valence-electron chi connectivity index (χ1n) is 6.45. The first kappa shape index (κ1) is 14.1. The molecule has 1 heterocycles. The van der Waals surface area contributed by atoms with Crippen molar-refractivity contribution < 1.29 is 18.9 Å². The Hall–Kier alpha value is -1.30. The molecule has 0 spiro atoms. The molecule has 5 heteroatoms. The zero-order chi connectivity index (χ0) is 13.5. The molecule has 0 atom stereocenters. The van der Waals surface area contributed by atoms with Gasteiger partial charge in [0.2, 0.25) is 0 Å². The minimum Gasteiger partial charge on any atom is -0.487 e. The highest BCUT2D eigenvalue weighted by Crippen LogP contribution is 2.33. The molecule has 5 nitrogen and oxygen atoms in total. The predicted octanol–water partition coefficient (Wildman–Crippen LogP) is 1.34. The van der Waals surface area contributed by atoms with Crippen molar-refractivity contribution in [3.63, 3.8) is 0 Å².